The van der Waals surface area contributed by atoms with E-state index in [4.69, 9.17) is 27.3 Å². The Morgan fingerprint density at radius 2 is 2.21 bits per heavy atom. The molecule has 0 saturated heterocycles. The molecule has 0 amide bonds. The molecule has 0 aliphatic carbocycles. The second kappa shape index (κ2) is 6.44. The summed E-state index contributed by atoms with van der Waals surface area (Å²) in [5, 5.41) is 9.30. The number of benzene rings is 1. The summed E-state index contributed by atoms with van der Waals surface area (Å²) >= 11 is 5.80. The van der Waals surface area contributed by atoms with Crippen molar-refractivity contribution in [3.63, 3.8) is 0 Å². The van der Waals surface area contributed by atoms with E-state index in [1.165, 1.54) is 6.07 Å². The normalized spacial score (nSPS) is 10.8. The lowest BCUT2D eigenvalue weighted by molar-refractivity contribution is 0.0492. The Morgan fingerprint density at radius 1 is 1.53 bits per heavy atom. The first kappa shape index (κ1) is 15.3. The summed E-state index contributed by atoms with van der Waals surface area (Å²) in [6.45, 7) is 3.96. The average molecular weight is 281 g/mol. The van der Waals surface area contributed by atoms with E-state index >= 15 is 0 Å². The molecule has 0 aromatic heterocycles. The molecule has 1 aromatic carbocycles. The summed E-state index contributed by atoms with van der Waals surface area (Å²) in [4.78, 5) is 11.8. The van der Waals surface area contributed by atoms with E-state index in [1.54, 1.807) is 12.1 Å². The summed E-state index contributed by atoms with van der Waals surface area (Å²) in [7, 11) is 0. The second-order valence-corrected chi connectivity index (χ2v) is 5.40. The molecule has 0 heterocycles. The first-order valence-electron chi connectivity index (χ1n) is 5.99. The van der Waals surface area contributed by atoms with Crippen LogP contribution in [-0.2, 0) is 4.74 Å². The zero-order valence-electron chi connectivity index (χ0n) is 11.1. The van der Waals surface area contributed by atoms with Crippen LogP contribution in [0.1, 0.15) is 37.0 Å². The minimum absolute atomic E-state index is 0.260. The van der Waals surface area contributed by atoms with Gasteiger partial charge in [-0.1, -0.05) is 11.6 Å². The van der Waals surface area contributed by atoms with Gasteiger partial charge in [-0.2, -0.15) is 5.26 Å². The number of anilines is 1. The van der Waals surface area contributed by atoms with E-state index in [0.717, 1.165) is 0 Å². The molecular formula is C14H17ClN2O2. The van der Waals surface area contributed by atoms with Crippen molar-refractivity contribution >= 4 is 23.3 Å². The van der Waals surface area contributed by atoms with Crippen molar-refractivity contribution in [3.05, 3.63) is 28.8 Å². The molecule has 0 bridgehead atoms. The number of carbonyl (C=O) groups excluding carboxylic acids is 1. The zero-order chi connectivity index (χ0) is 14.5. The predicted octanol–water partition coefficient (Wildman–Crippen LogP) is 3.41. The van der Waals surface area contributed by atoms with Gasteiger partial charge in [0, 0.05) is 10.7 Å². The number of nitrogens with two attached hydrogens (primary N) is 1. The SMILES string of the molecule is CC(C)(C#N)CCCOC(=O)c1cc(Cl)ccc1N. The van der Waals surface area contributed by atoms with E-state index in [1.807, 2.05) is 13.8 Å². The highest BCUT2D eigenvalue weighted by atomic mass is 35.5. The molecule has 4 nitrogen and oxygen atoms in total. The van der Waals surface area contributed by atoms with Gasteiger partial charge in [0.2, 0.25) is 0 Å². The monoisotopic (exact) mass is 280 g/mol. The highest BCUT2D eigenvalue weighted by Crippen LogP contribution is 2.21. The van der Waals surface area contributed by atoms with Crippen molar-refractivity contribution in [2.75, 3.05) is 12.3 Å². The summed E-state index contributed by atoms with van der Waals surface area (Å²) in [5.74, 6) is -0.491. The van der Waals surface area contributed by atoms with Gasteiger partial charge in [-0.3, -0.25) is 0 Å². The Balaban J connectivity index is 2.49. The Hall–Kier alpha value is -1.73. The fourth-order valence-electron chi connectivity index (χ4n) is 1.52. The van der Waals surface area contributed by atoms with Crippen LogP contribution in [-0.4, -0.2) is 12.6 Å². The van der Waals surface area contributed by atoms with E-state index in [2.05, 4.69) is 6.07 Å². The predicted molar refractivity (Wildman–Crippen MR) is 74.8 cm³/mol. The number of rotatable bonds is 5. The third kappa shape index (κ3) is 4.80. The van der Waals surface area contributed by atoms with Gasteiger partial charge in [0.05, 0.1) is 23.7 Å². The van der Waals surface area contributed by atoms with Crippen LogP contribution in [0.2, 0.25) is 5.02 Å². The summed E-state index contributed by atoms with van der Waals surface area (Å²) in [6, 6.07) is 6.87. The van der Waals surface area contributed by atoms with Crippen LogP contribution in [0.4, 0.5) is 5.69 Å². The smallest absolute Gasteiger partial charge is 0.340 e. The number of nitrogen functional groups attached to an aromatic ring is 1. The number of esters is 1. The lowest BCUT2D eigenvalue weighted by atomic mass is 9.90. The van der Waals surface area contributed by atoms with Gasteiger partial charge < -0.3 is 10.5 Å². The maximum absolute atomic E-state index is 11.8. The maximum Gasteiger partial charge on any atom is 0.340 e. The molecule has 0 radical (unpaired) electrons. The van der Waals surface area contributed by atoms with Crippen LogP contribution in [0.3, 0.4) is 0 Å². The van der Waals surface area contributed by atoms with Gasteiger partial charge in [-0.25, -0.2) is 4.79 Å². The van der Waals surface area contributed by atoms with Crippen molar-refractivity contribution < 1.29 is 9.53 Å². The van der Waals surface area contributed by atoms with Crippen molar-refractivity contribution in [2.24, 2.45) is 5.41 Å². The Morgan fingerprint density at radius 3 is 2.84 bits per heavy atom. The number of nitriles is 1. The molecule has 0 fully saturated rings. The van der Waals surface area contributed by atoms with Gasteiger partial charge in [-0.05, 0) is 44.9 Å². The van der Waals surface area contributed by atoms with Gasteiger partial charge in [0.25, 0.3) is 0 Å². The van der Waals surface area contributed by atoms with Crippen molar-refractivity contribution in [1.29, 1.82) is 5.26 Å². The first-order chi connectivity index (χ1) is 8.85. The van der Waals surface area contributed by atoms with Gasteiger partial charge >= 0.3 is 5.97 Å². The van der Waals surface area contributed by atoms with Crippen LogP contribution < -0.4 is 5.73 Å². The third-order valence-corrected chi connectivity index (χ3v) is 2.95. The average Bonchev–Trinajstić information content (AvgIpc) is 2.37. The van der Waals surface area contributed by atoms with E-state index in [-0.39, 0.29) is 12.2 Å². The largest absolute Gasteiger partial charge is 0.462 e. The van der Waals surface area contributed by atoms with Crippen LogP contribution in [0.5, 0.6) is 0 Å². The van der Waals surface area contributed by atoms with Crippen LogP contribution in [0.25, 0.3) is 0 Å². The van der Waals surface area contributed by atoms with E-state index in [0.29, 0.717) is 23.6 Å². The minimum atomic E-state index is -0.491. The number of ether oxygens (including phenoxy) is 1. The first-order valence-corrected chi connectivity index (χ1v) is 6.37. The molecule has 0 aliphatic rings. The summed E-state index contributed by atoms with van der Waals surface area (Å²) in [5.41, 5.74) is 5.89. The number of nitrogens with zero attached hydrogens (tertiary/aromatic N) is 1. The Kier molecular flexibility index (Phi) is 5.20. The lowest BCUT2D eigenvalue weighted by Gasteiger charge is -2.14. The lowest BCUT2D eigenvalue weighted by Crippen LogP contribution is -2.12. The number of hydrogen-bond donors (Lipinski definition) is 1. The van der Waals surface area contributed by atoms with Gasteiger partial charge in [0.15, 0.2) is 0 Å². The molecule has 0 atom stereocenters. The van der Waals surface area contributed by atoms with Gasteiger partial charge in [-0.15, -0.1) is 0 Å². The summed E-state index contributed by atoms with van der Waals surface area (Å²) in [6.07, 6.45) is 1.30. The maximum atomic E-state index is 11.8. The third-order valence-electron chi connectivity index (χ3n) is 2.72. The fourth-order valence-corrected chi connectivity index (χ4v) is 1.69. The fraction of sp³-hybridized carbons (Fsp3) is 0.429. The molecule has 102 valence electrons. The minimum Gasteiger partial charge on any atom is -0.462 e. The molecule has 19 heavy (non-hydrogen) atoms. The van der Waals surface area contributed by atoms with Crippen molar-refractivity contribution in [1.82, 2.24) is 0 Å². The molecule has 0 saturated carbocycles. The van der Waals surface area contributed by atoms with Crippen molar-refractivity contribution in [3.8, 4) is 6.07 Å². The molecule has 1 rings (SSSR count). The zero-order valence-corrected chi connectivity index (χ0v) is 11.8. The van der Waals surface area contributed by atoms with Crippen LogP contribution in [0, 0.1) is 16.7 Å². The quantitative estimate of drug-likeness (QED) is 0.509. The topological polar surface area (TPSA) is 76.1 Å². The van der Waals surface area contributed by atoms with E-state index in [9.17, 15) is 4.79 Å². The van der Waals surface area contributed by atoms with Crippen LogP contribution in [0.15, 0.2) is 18.2 Å². The standard InChI is InChI=1S/C14H17ClN2O2/c1-14(2,9-16)6-3-7-19-13(18)11-8-10(15)4-5-12(11)17/h4-5,8H,3,6-7,17H2,1-2H3. The molecule has 0 spiro atoms. The van der Waals surface area contributed by atoms with Crippen molar-refractivity contribution in [2.45, 2.75) is 26.7 Å². The number of carbonyl (C=O) groups is 1. The van der Waals surface area contributed by atoms with Crippen LogP contribution >= 0.6 is 11.6 Å². The number of hydrogen-bond acceptors (Lipinski definition) is 4. The molecule has 0 aliphatic heterocycles. The molecular weight excluding hydrogens is 264 g/mol. The van der Waals surface area contributed by atoms with Gasteiger partial charge in [0.1, 0.15) is 0 Å². The highest BCUT2D eigenvalue weighted by Gasteiger charge is 2.17. The highest BCUT2D eigenvalue weighted by molar-refractivity contribution is 6.31. The molecule has 5 heteroatoms. The number of halogens is 1. The Labute approximate surface area is 118 Å². The van der Waals surface area contributed by atoms with E-state index < -0.39 is 11.4 Å². The molecule has 1 aromatic rings. The Bertz CT molecular complexity index is 507. The summed E-state index contributed by atoms with van der Waals surface area (Å²) < 4.78 is 5.12. The second-order valence-electron chi connectivity index (χ2n) is 4.97. The molecule has 0 unspecified atom stereocenters. The molecule has 2 N–H and O–H groups in total.